The van der Waals surface area contributed by atoms with E-state index in [2.05, 4.69) is 30.4 Å². The van der Waals surface area contributed by atoms with Gasteiger partial charge in [0.2, 0.25) is 0 Å². The number of para-hydroxylation sites is 2. The molecule has 0 radical (unpaired) electrons. The maximum absolute atomic E-state index is 5.90. The molecule has 1 heterocycles. The molecule has 0 fully saturated rings. The molecule has 0 spiro atoms. The smallest absolute Gasteiger partial charge is 0.151 e. The lowest BCUT2D eigenvalue weighted by atomic mass is 10.1. The molecule has 1 aliphatic heterocycles. The van der Waals surface area contributed by atoms with E-state index in [4.69, 9.17) is 4.74 Å². The van der Waals surface area contributed by atoms with Crippen LogP contribution in [0.4, 0.5) is 11.4 Å². The summed E-state index contributed by atoms with van der Waals surface area (Å²) in [6.45, 7) is 2.19. The standard InChI is InChI=1S/C15H15NO/c1-2-5-11-8-9-13-15(10-11)17-14-7-4-3-6-12(14)16-13/h3-4,6-10,16H,2,5H2,1H3. The second-order valence-corrected chi connectivity index (χ2v) is 4.30. The molecule has 2 heteroatoms. The van der Waals surface area contributed by atoms with Gasteiger partial charge in [-0.25, -0.2) is 0 Å². The molecule has 0 saturated carbocycles. The first-order valence-corrected chi connectivity index (χ1v) is 6.03. The van der Waals surface area contributed by atoms with Gasteiger partial charge in [0.15, 0.2) is 11.5 Å². The molecule has 1 N–H and O–H groups in total. The van der Waals surface area contributed by atoms with Crippen molar-refractivity contribution in [3.63, 3.8) is 0 Å². The third-order valence-electron chi connectivity index (χ3n) is 2.96. The molecule has 2 nitrogen and oxygen atoms in total. The minimum absolute atomic E-state index is 0.897. The van der Waals surface area contributed by atoms with Crippen LogP contribution in [0.2, 0.25) is 0 Å². The average Bonchev–Trinajstić information content (AvgIpc) is 2.36. The monoisotopic (exact) mass is 225 g/mol. The number of nitrogens with one attached hydrogen (secondary N) is 1. The van der Waals surface area contributed by atoms with Crippen LogP contribution in [0, 0.1) is 0 Å². The first kappa shape index (κ1) is 10.2. The molecule has 0 amide bonds. The van der Waals surface area contributed by atoms with Crippen LogP contribution < -0.4 is 10.1 Å². The van der Waals surface area contributed by atoms with Gasteiger partial charge in [-0.1, -0.05) is 31.5 Å². The quantitative estimate of drug-likeness (QED) is 0.693. The van der Waals surface area contributed by atoms with Gasteiger partial charge in [0, 0.05) is 0 Å². The zero-order chi connectivity index (χ0) is 11.7. The lowest BCUT2D eigenvalue weighted by molar-refractivity contribution is 0.480. The molecule has 0 aromatic heterocycles. The summed E-state index contributed by atoms with van der Waals surface area (Å²) in [6.07, 6.45) is 2.25. The van der Waals surface area contributed by atoms with Gasteiger partial charge >= 0.3 is 0 Å². The highest BCUT2D eigenvalue weighted by atomic mass is 16.5. The van der Waals surface area contributed by atoms with E-state index in [-0.39, 0.29) is 0 Å². The van der Waals surface area contributed by atoms with E-state index >= 15 is 0 Å². The maximum Gasteiger partial charge on any atom is 0.151 e. The van der Waals surface area contributed by atoms with Crippen molar-refractivity contribution in [1.29, 1.82) is 0 Å². The third-order valence-corrected chi connectivity index (χ3v) is 2.96. The number of ether oxygens (including phenoxy) is 1. The molecule has 17 heavy (non-hydrogen) atoms. The number of benzene rings is 2. The summed E-state index contributed by atoms with van der Waals surface area (Å²) in [5, 5.41) is 3.38. The van der Waals surface area contributed by atoms with Gasteiger partial charge in [-0.2, -0.15) is 0 Å². The largest absolute Gasteiger partial charge is 0.453 e. The van der Waals surface area contributed by atoms with Crippen molar-refractivity contribution < 1.29 is 4.74 Å². The summed E-state index contributed by atoms with van der Waals surface area (Å²) in [6, 6.07) is 14.4. The molecule has 86 valence electrons. The van der Waals surface area contributed by atoms with Crippen molar-refractivity contribution in [2.24, 2.45) is 0 Å². The van der Waals surface area contributed by atoms with Crippen LogP contribution in [-0.2, 0) is 6.42 Å². The Morgan fingerprint density at radius 3 is 2.71 bits per heavy atom. The summed E-state index contributed by atoms with van der Waals surface area (Å²) < 4.78 is 5.90. The Labute approximate surface area is 101 Å². The fraction of sp³-hybridized carbons (Fsp3) is 0.200. The Kier molecular flexibility index (Phi) is 2.48. The van der Waals surface area contributed by atoms with Crippen LogP contribution in [0.1, 0.15) is 18.9 Å². The zero-order valence-electron chi connectivity index (χ0n) is 9.86. The number of rotatable bonds is 2. The van der Waals surface area contributed by atoms with E-state index in [1.807, 2.05) is 24.3 Å². The first-order valence-electron chi connectivity index (χ1n) is 6.03. The molecular formula is C15H15NO. The number of hydrogen-bond donors (Lipinski definition) is 1. The van der Waals surface area contributed by atoms with Crippen molar-refractivity contribution in [1.82, 2.24) is 0 Å². The summed E-state index contributed by atoms with van der Waals surface area (Å²) in [5.41, 5.74) is 3.40. The van der Waals surface area contributed by atoms with Gasteiger partial charge in [-0.15, -0.1) is 0 Å². The first-order chi connectivity index (χ1) is 8.36. The fourth-order valence-electron chi connectivity index (χ4n) is 2.12. The van der Waals surface area contributed by atoms with Gasteiger partial charge in [0.1, 0.15) is 0 Å². The predicted molar refractivity (Wildman–Crippen MR) is 70.2 cm³/mol. The molecule has 2 aromatic carbocycles. The molecular weight excluding hydrogens is 210 g/mol. The normalized spacial score (nSPS) is 12.1. The zero-order valence-corrected chi connectivity index (χ0v) is 9.86. The predicted octanol–water partition coefficient (Wildman–Crippen LogP) is 4.49. The van der Waals surface area contributed by atoms with E-state index in [1.165, 1.54) is 5.56 Å². The van der Waals surface area contributed by atoms with E-state index < -0.39 is 0 Å². The molecule has 1 aliphatic rings. The van der Waals surface area contributed by atoms with Crippen LogP contribution in [0.5, 0.6) is 11.5 Å². The number of anilines is 2. The van der Waals surface area contributed by atoms with E-state index in [0.29, 0.717) is 0 Å². The number of fused-ring (bicyclic) bond motifs is 2. The second kappa shape index (κ2) is 4.13. The Bertz CT molecular complexity index is 548. The summed E-state index contributed by atoms with van der Waals surface area (Å²) in [5.74, 6) is 1.82. The van der Waals surface area contributed by atoms with Crippen molar-refractivity contribution in [3.05, 3.63) is 48.0 Å². The number of aryl methyl sites for hydroxylation is 1. The summed E-state index contributed by atoms with van der Waals surface area (Å²) >= 11 is 0. The van der Waals surface area contributed by atoms with Crippen LogP contribution in [0.3, 0.4) is 0 Å². The Morgan fingerprint density at radius 1 is 1.00 bits per heavy atom. The molecule has 0 bridgehead atoms. The Hall–Kier alpha value is -1.96. The molecule has 0 unspecified atom stereocenters. The Balaban J connectivity index is 1.97. The molecule has 3 rings (SSSR count). The van der Waals surface area contributed by atoms with E-state index in [1.54, 1.807) is 0 Å². The molecule has 0 aliphatic carbocycles. The maximum atomic E-state index is 5.90. The van der Waals surface area contributed by atoms with E-state index in [0.717, 1.165) is 35.7 Å². The van der Waals surface area contributed by atoms with Crippen molar-refractivity contribution >= 4 is 11.4 Å². The van der Waals surface area contributed by atoms with Crippen LogP contribution in [-0.4, -0.2) is 0 Å². The van der Waals surface area contributed by atoms with Crippen LogP contribution >= 0.6 is 0 Å². The third kappa shape index (κ3) is 1.86. The fourth-order valence-corrected chi connectivity index (χ4v) is 2.12. The second-order valence-electron chi connectivity index (χ2n) is 4.30. The highest BCUT2D eigenvalue weighted by Crippen LogP contribution is 2.41. The van der Waals surface area contributed by atoms with Gasteiger partial charge in [0.05, 0.1) is 11.4 Å². The topological polar surface area (TPSA) is 21.3 Å². The molecule has 0 atom stereocenters. The molecule has 2 aromatic rings. The van der Waals surface area contributed by atoms with Crippen molar-refractivity contribution in [2.45, 2.75) is 19.8 Å². The Morgan fingerprint density at radius 2 is 1.82 bits per heavy atom. The van der Waals surface area contributed by atoms with Gasteiger partial charge in [-0.05, 0) is 36.2 Å². The van der Waals surface area contributed by atoms with Gasteiger partial charge in [-0.3, -0.25) is 0 Å². The minimum atomic E-state index is 0.897. The number of hydrogen-bond acceptors (Lipinski definition) is 2. The summed E-state index contributed by atoms with van der Waals surface area (Å²) in [7, 11) is 0. The van der Waals surface area contributed by atoms with Crippen molar-refractivity contribution in [3.8, 4) is 11.5 Å². The van der Waals surface area contributed by atoms with Crippen molar-refractivity contribution in [2.75, 3.05) is 5.32 Å². The van der Waals surface area contributed by atoms with Crippen LogP contribution in [0.25, 0.3) is 0 Å². The van der Waals surface area contributed by atoms with Crippen LogP contribution in [0.15, 0.2) is 42.5 Å². The minimum Gasteiger partial charge on any atom is -0.453 e. The van der Waals surface area contributed by atoms with E-state index in [9.17, 15) is 0 Å². The van der Waals surface area contributed by atoms with Gasteiger partial charge in [0.25, 0.3) is 0 Å². The highest BCUT2D eigenvalue weighted by Gasteiger charge is 2.15. The highest BCUT2D eigenvalue weighted by molar-refractivity contribution is 5.75. The summed E-state index contributed by atoms with van der Waals surface area (Å²) in [4.78, 5) is 0. The SMILES string of the molecule is CCCc1ccc2c(c1)Oc1ccccc1N2. The van der Waals surface area contributed by atoms with Gasteiger partial charge < -0.3 is 10.1 Å². The lowest BCUT2D eigenvalue weighted by Crippen LogP contribution is -2.02. The molecule has 0 saturated heterocycles. The lowest BCUT2D eigenvalue weighted by Gasteiger charge is -2.22. The average molecular weight is 225 g/mol.